The topological polar surface area (TPSA) is 55.0 Å². The van der Waals surface area contributed by atoms with E-state index in [1.165, 1.54) is 7.11 Å². The maximum absolute atomic E-state index is 11.4. The average molecular weight is 269 g/mol. The monoisotopic (exact) mass is 268 g/mol. The Morgan fingerprint density at radius 1 is 1.53 bits per heavy atom. The van der Waals surface area contributed by atoms with E-state index in [1.807, 2.05) is 13.0 Å². The first-order chi connectivity index (χ1) is 7.13. The van der Waals surface area contributed by atoms with E-state index in [9.17, 15) is 4.79 Å². The molecule has 5 heteroatoms. The molecular formula is C10H9BrN2O2. The molecule has 0 spiro atoms. The molecule has 4 nitrogen and oxygen atoms in total. The minimum atomic E-state index is -0.339. The maximum atomic E-state index is 11.4. The van der Waals surface area contributed by atoms with Gasteiger partial charge in [0.2, 0.25) is 0 Å². The highest BCUT2D eigenvalue weighted by Crippen LogP contribution is 2.24. The highest BCUT2D eigenvalue weighted by atomic mass is 79.9. The molecule has 2 aromatic rings. The second-order valence-corrected chi connectivity index (χ2v) is 4.01. The van der Waals surface area contributed by atoms with Crippen molar-refractivity contribution in [2.45, 2.75) is 6.92 Å². The number of benzene rings is 1. The normalized spacial score (nSPS) is 10.6. The van der Waals surface area contributed by atoms with Crippen LogP contribution in [-0.4, -0.2) is 23.3 Å². The molecule has 0 saturated heterocycles. The number of aromatic nitrogens is 2. The molecule has 1 N–H and O–H groups in total. The molecule has 78 valence electrons. The van der Waals surface area contributed by atoms with Crippen molar-refractivity contribution in [1.82, 2.24) is 10.2 Å². The molecule has 0 fully saturated rings. The summed E-state index contributed by atoms with van der Waals surface area (Å²) >= 11 is 3.35. The molecule has 1 aromatic carbocycles. The SMILES string of the molecule is COC(=O)c1cc2n[nH]c(Br)c2cc1C. The second kappa shape index (κ2) is 3.66. The lowest BCUT2D eigenvalue weighted by atomic mass is 10.1. The third kappa shape index (κ3) is 1.63. The van der Waals surface area contributed by atoms with Crippen LogP contribution in [0.2, 0.25) is 0 Å². The van der Waals surface area contributed by atoms with Gasteiger partial charge >= 0.3 is 5.97 Å². The van der Waals surface area contributed by atoms with Crippen molar-refractivity contribution in [3.63, 3.8) is 0 Å². The second-order valence-electron chi connectivity index (χ2n) is 3.21. The van der Waals surface area contributed by atoms with Crippen LogP contribution in [0.1, 0.15) is 15.9 Å². The fraction of sp³-hybridized carbons (Fsp3) is 0.200. The summed E-state index contributed by atoms with van der Waals surface area (Å²) in [6.45, 7) is 1.87. The van der Waals surface area contributed by atoms with Crippen LogP contribution in [0.25, 0.3) is 10.9 Å². The van der Waals surface area contributed by atoms with Crippen molar-refractivity contribution in [3.05, 3.63) is 27.9 Å². The number of halogens is 1. The molecule has 0 aliphatic rings. The number of esters is 1. The van der Waals surface area contributed by atoms with Gasteiger partial charge in [0, 0.05) is 5.39 Å². The van der Waals surface area contributed by atoms with E-state index in [2.05, 4.69) is 30.9 Å². The minimum Gasteiger partial charge on any atom is -0.465 e. The number of carbonyl (C=O) groups excluding carboxylic acids is 1. The van der Waals surface area contributed by atoms with Crippen LogP contribution in [-0.2, 0) is 4.74 Å². The van der Waals surface area contributed by atoms with Crippen molar-refractivity contribution in [1.29, 1.82) is 0 Å². The smallest absolute Gasteiger partial charge is 0.338 e. The summed E-state index contributed by atoms with van der Waals surface area (Å²) in [5, 5.41) is 7.82. The zero-order valence-corrected chi connectivity index (χ0v) is 9.88. The van der Waals surface area contributed by atoms with Crippen LogP contribution in [0.3, 0.4) is 0 Å². The zero-order valence-electron chi connectivity index (χ0n) is 8.30. The molecular weight excluding hydrogens is 260 g/mol. The summed E-state index contributed by atoms with van der Waals surface area (Å²) in [6, 6.07) is 3.62. The number of methoxy groups -OCH3 is 1. The highest BCUT2D eigenvalue weighted by Gasteiger charge is 2.12. The van der Waals surface area contributed by atoms with E-state index < -0.39 is 0 Å². The molecule has 2 rings (SSSR count). The lowest BCUT2D eigenvalue weighted by Crippen LogP contribution is -2.03. The lowest BCUT2D eigenvalue weighted by molar-refractivity contribution is 0.0600. The predicted octanol–water partition coefficient (Wildman–Crippen LogP) is 2.42. The number of rotatable bonds is 1. The van der Waals surface area contributed by atoms with E-state index >= 15 is 0 Å². The molecule has 15 heavy (non-hydrogen) atoms. The summed E-state index contributed by atoms with van der Waals surface area (Å²) in [5.41, 5.74) is 2.16. The summed E-state index contributed by atoms with van der Waals surface area (Å²) < 4.78 is 5.50. The van der Waals surface area contributed by atoms with Crippen molar-refractivity contribution in [3.8, 4) is 0 Å². The molecule has 0 radical (unpaired) electrons. The minimum absolute atomic E-state index is 0.339. The Bertz CT molecular complexity index is 533. The Kier molecular flexibility index (Phi) is 2.48. The number of nitrogens with zero attached hydrogens (tertiary/aromatic N) is 1. The molecule has 0 aliphatic heterocycles. The van der Waals surface area contributed by atoms with Gasteiger partial charge in [-0.2, -0.15) is 5.10 Å². The molecule has 0 atom stereocenters. The van der Waals surface area contributed by atoms with Gasteiger partial charge in [0.1, 0.15) is 4.60 Å². The van der Waals surface area contributed by atoms with Crippen molar-refractivity contribution < 1.29 is 9.53 Å². The van der Waals surface area contributed by atoms with E-state index in [0.29, 0.717) is 5.56 Å². The summed E-state index contributed by atoms with van der Waals surface area (Å²) in [6.07, 6.45) is 0. The number of H-pyrrole nitrogens is 1. The van der Waals surface area contributed by atoms with E-state index in [0.717, 1.165) is 21.1 Å². The Morgan fingerprint density at radius 3 is 2.93 bits per heavy atom. The van der Waals surface area contributed by atoms with Crippen LogP contribution in [0.15, 0.2) is 16.7 Å². The van der Waals surface area contributed by atoms with Gasteiger partial charge in [0.15, 0.2) is 0 Å². The van der Waals surface area contributed by atoms with Crippen molar-refractivity contribution >= 4 is 32.8 Å². The number of carbonyl (C=O) groups is 1. The van der Waals surface area contributed by atoms with Crippen LogP contribution in [0.4, 0.5) is 0 Å². The van der Waals surface area contributed by atoms with Gasteiger partial charge in [-0.15, -0.1) is 0 Å². The predicted molar refractivity (Wildman–Crippen MR) is 59.9 cm³/mol. The molecule has 0 saturated carbocycles. The Hall–Kier alpha value is -1.36. The molecule has 0 unspecified atom stereocenters. The highest BCUT2D eigenvalue weighted by molar-refractivity contribution is 9.10. The molecule has 0 amide bonds. The Balaban J connectivity index is 2.68. The van der Waals surface area contributed by atoms with E-state index in [4.69, 9.17) is 0 Å². The van der Waals surface area contributed by atoms with Crippen LogP contribution in [0, 0.1) is 6.92 Å². The average Bonchev–Trinajstić information content (AvgIpc) is 2.58. The number of aromatic amines is 1. The number of nitrogens with one attached hydrogen (secondary N) is 1. The maximum Gasteiger partial charge on any atom is 0.338 e. The van der Waals surface area contributed by atoms with Crippen LogP contribution >= 0.6 is 15.9 Å². The molecule has 0 aliphatic carbocycles. The molecule has 1 heterocycles. The third-order valence-corrected chi connectivity index (χ3v) is 2.86. The van der Waals surface area contributed by atoms with Crippen LogP contribution < -0.4 is 0 Å². The van der Waals surface area contributed by atoms with Crippen molar-refractivity contribution in [2.24, 2.45) is 0 Å². The zero-order chi connectivity index (χ0) is 11.0. The van der Waals surface area contributed by atoms with Gasteiger partial charge in [0.05, 0.1) is 18.2 Å². The number of hydrogen-bond acceptors (Lipinski definition) is 3. The van der Waals surface area contributed by atoms with Gasteiger partial charge in [0.25, 0.3) is 0 Å². The van der Waals surface area contributed by atoms with Gasteiger partial charge in [-0.25, -0.2) is 4.79 Å². The van der Waals surface area contributed by atoms with Gasteiger partial charge < -0.3 is 4.74 Å². The van der Waals surface area contributed by atoms with Gasteiger partial charge in [-0.05, 0) is 40.5 Å². The standard InChI is InChI=1S/C10H9BrN2O2/c1-5-3-7-8(12-13-9(7)11)4-6(5)10(14)15-2/h3-4H,1-2H3,(H,12,13). The summed E-state index contributed by atoms with van der Waals surface area (Å²) in [5.74, 6) is -0.339. The number of hydrogen-bond donors (Lipinski definition) is 1. The van der Waals surface area contributed by atoms with Gasteiger partial charge in [-0.3, -0.25) is 5.10 Å². The third-order valence-electron chi connectivity index (χ3n) is 2.26. The lowest BCUT2D eigenvalue weighted by Gasteiger charge is -2.03. The molecule has 1 aromatic heterocycles. The van der Waals surface area contributed by atoms with E-state index in [1.54, 1.807) is 6.07 Å². The number of fused-ring (bicyclic) bond motifs is 1. The number of aryl methyl sites for hydroxylation is 1. The first kappa shape index (κ1) is 10.2. The first-order valence-corrected chi connectivity index (χ1v) is 5.15. The van der Waals surface area contributed by atoms with Crippen LogP contribution in [0.5, 0.6) is 0 Å². The quantitative estimate of drug-likeness (QED) is 0.809. The Morgan fingerprint density at radius 2 is 2.27 bits per heavy atom. The van der Waals surface area contributed by atoms with Gasteiger partial charge in [-0.1, -0.05) is 0 Å². The van der Waals surface area contributed by atoms with E-state index in [-0.39, 0.29) is 5.97 Å². The first-order valence-electron chi connectivity index (χ1n) is 4.36. The largest absolute Gasteiger partial charge is 0.465 e. The fourth-order valence-corrected chi connectivity index (χ4v) is 1.87. The number of ether oxygens (including phenoxy) is 1. The fourth-order valence-electron chi connectivity index (χ4n) is 1.46. The van der Waals surface area contributed by atoms with Crippen molar-refractivity contribution in [2.75, 3.05) is 7.11 Å². The summed E-state index contributed by atoms with van der Waals surface area (Å²) in [4.78, 5) is 11.4. The summed E-state index contributed by atoms with van der Waals surface area (Å²) in [7, 11) is 1.37. The molecule has 0 bridgehead atoms. The Labute approximate surface area is 94.7 Å².